The maximum absolute atomic E-state index is 4.70. The van der Waals surface area contributed by atoms with Gasteiger partial charge in [0.15, 0.2) is 0 Å². The second kappa shape index (κ2) is 8.63. The lowest BCUT2D eigenvalue weighted by molar-refractivity contribution is 0.956. The first-order chi connectivity index (χ1) is 12.3. The molecule has 0 unspecified atom stereocenters. The van der Waals surface area contributed by atoms with E-state index in [4.69, 9.17) is 4.98 Å². The molecule has 0 atom stereocenters. The van der Waals surface area contributed by atoms with Crippen LogP contribution in [0.1, 0.15) is 19.8 Å². The fourth-order valence-electron chi connectivity index (χ4n) is 2.63. The Bertz CT molecular complexity index is 842. The van der Waals surface area contributed by atoms with Gasteiger partial charge in [-0.05, 0) is 39.5 Å². The number of nitrogens with one attached hydrogen (secondary N) is 1. The minimum absolute atomic E-state index is 0.852. The van der Waals surface area contributed by atoms with Gasteiger partial charge in [0.25, 0.3) is 0 Å². The van der Waals surface area contributed by atoms with Crippen molar-refractivity contribution in [1.82, 2.24) is 4.98 Å². The van der Waals surface area contributed by atoms with Crippen LogP contribution in [0.15, 0.2) is 83.6 Å². The van der Waals surface area contributed by atoms with Gasteiger partial charge in [-0.15, -0.1) is 0 Å². The summed E-state index contributed by atoms with van der Waals surface area (Å²) in [6.45, 7) is 2.17. The van der Waals surface area contributed by atoms with Gasteiger partial charge in [-0.2, -0.15) is 0 Å². The van der Waals surface area contributed by atoms with Crippen LogP contribution in [0.4, 0.5) is 5.82 Å². The fraction of sp³-hybridized carbons (Fsp3) is 0.136. The van der Waals surface area contributed by atoms with Crippen molar-refractivity contribution >= 4 is 21.7 Å². The quantitative estimate of drug-likeness (QED) is 0.463. The average molecular weight is 393 g/mol. The Balaban J connectivity index is 2.03. The highest BCUT2D eigenvalue weighted by atomic mass is 79.9. The average Bonchev–Trinajstić information content (AvgIpc) is 2.68. The zero-order chi connectivity index (χ0) is 17.5. The van der Waals surface area contributed by atoms with Crippen LogP contribution >= 0.6 is 15.9 Å². The standard InChI is InChI=1S/C22H21BrN2/c1-2-3-14-21(23)25-22-20(18-12-8-5-9-13-18)15-19(16-24-22)17-10-6-4-7-11-17/h4-16H,2-3H2,1H3,(H,24,25)/b21-14+. The van der Waals surface area contributed by atoms with Crippen molar-refractivity contribution in [3.05, 3.63) is 83.6 Å². The van der Waals surface area contributed by atoms with Gasteiger partial charge in [0, 0.05) is 17.3 Å². The van der Waals surface area contributed by atoms with E-state index in [1.807, 2.05) is 30.5 Å². The van der Waals surface area contributed by atoms with E-state index in [9.17, 15) is 0 Å². The molecular formula is C22H21BrN2. The molecule has 0 saturated carbocycles. The summed E-state index contributed by atoms with van der Waals surface area (Å²) in [5.74, 6) is 0.852. The number of rotatable bonds is 6. The molecule has 0 radical (unpaired) electrons. The zero-order valence-corrected chi connectivity index (χ0v) is 15.8. The van der Waals surface area contributed by atoms with Crippen LogP contribution in [-0.2, 0) is 0 Å². The molecule has 0 aliphatic heterocycles. The van der Waals surface area contributed by atoms with Crippen molar-refractivity contribution in [2.45, 2.75) is 19.8 Å². The maximum atomic E-state index is 4.70. The molecule has 0 amide bonds. The Hall–Kier alpha value is -2.39. The lowest BCUT2D eigenvalue weighted by Crippen LogP contribution is -1.99. The highest BCUT2D eigenvalue weighted by Crippen LogP contribution is 2.32. The number of pyridine rings is 1. The molecule has 1 aromatic heterocycles. The van der Waals surface area contributed by atoms with E-state index in [1.165, 1.54) is 5.56 Å². The molecule has 0 fully saturated rings. The molecular weight excluding hydrogens is 372 g/mol. The molecule has 126 valence electrons. The van der Waals surface area contributed by atoms with Crippen molar-refractivity contribution in [3.63, 3.8) is 0 Å². The fourth-order valence-corrected chi connectivity index (χ4v) is 3.04. The summed E-state index contributed by atoms with van der Waals surface area (Å²) >= 11 is 3.60. The lowest BCUT2D eigenvalue weighted by Gasteiger charge is -2.13. The third-order valence-corrected chi connectivity index (χ3v) is 4.45. The van der Waals surface area contributed by atoms with Crippen molar-refractivity contribution < 1.29 is 0 Å². The number of unbranched alkanes of at least 4 members (excludes halogenated alkanes) is 1. The second-order valence-corrected chi connectivity index (χ2v) is 6.67. The number of allylic oxidation sites excluding steroid dienone is 1. The van der Waals surface area contributed by atoms with Gasteiger partial charge in [-0.1, -0.05) is 80.1 Å². The summed E-state index contributed by atoms with van der Waals surface area (Å²) in [4.78, 5) is 4.70. The number of aromatic nitrogens is 1. The number of hydrogen-bond donors (Lipinski definition) is 1. The van der Waals surface area contributed by atoms with Crippen LogP contribution < -0.4 is 5.32 Å². The summed E-state index contributed by atoms with van der Waals surface area (Å²) in [6, 6.07) is 22.9. The van der Waals surface area contributed by atoms with E-state index in [0.717, 1.165) is 40.0 Å². The van der Waals surface area contributed by atoms with E-state index in [-0.39, 0.29) is 0 Å². The Morgan fingerprint density at radius 2 is 1.60 bits per heavy atom. The third-order valence-electron chi connectivity index (χ3n) is 3.93. The molecule has 1 heterocycles. The van der Waals surface area contributed by atoms with Crippen molar-refractivity contribution in [3.8, 4) is 22.3 Å². The summed E-state index contributed by atoms with van der Waals surface area (Å²) in [7, 11) is 0. The van der Waals surface area contributed by atoms with Gasteiger partial charge in [0.05, 0.1) is 4.61 Å². The molecule has 2 nitrogen and oxygen atoms in total. The molecule has 2 aromatic carbocycles. The van der Waals surface area contributed by atoms with Crippen LogP contribution in [0.3, 0.4) is 0 Å². The molecule has 0 saturated heterocycles. The molecule has 3 rings (SSSR count). The number of hydrogen-bond acceptors (Lipinski definition) is 2. The van der Waals surface area contributed by atoms with Crippen molar-refractivity contribution in [2.75, 3.05) is 5.32 Å². The van der Waals surface area contributed by atoms with E-state index in [0.29, 0.717) is 0 Å². The summed E-state index contributed by atoms with van der Waals surface area (Å²) < 4.78 is 0.950. The van der Waals surface area contributed by atoms with Crippen molar-refractivity contribution in [1.29, 1.82) is 0 Å². The first kappa shape index (κ1) is 17.4. The first-order valence-corrected chi connectivity index (χ1v) is 9.31. The van der Waals surface area contributed by atoms with Crippen LogP contribution in [0, 0.1) is 0 Å². The van der Waals surface area contributed by atoms with Gasteiger partial charge < -0.3 is 5.32 Å². The first-order valence-electron chi connectivity index (χ1n) is 8.51. The molecule has 0 aliphatic rings. The van der Waals surface area contributed by atoms with Gasteiger partial charge in [-0.3, -0.25) is 0 Å². The van der Waals surface area contributed by atoms with E-state index >= 15 is 0 Å². The lowest BCUT2D eigenvalue weighted by atomic mass is 10.0. The minimum Gasteiger partial charge on any atom is -0.334 e. The van der Waals surface area contributed by atoms with Gasteiger partial charge in [0.2, 0.25) is 0 Å². The van der Waals surface area contributed by atoms with Crippen molar-refractivity contribution in [2.24, 2.45) is 0 Å². The van der Waals surface area contributed by atoms with E-state index < -0.39 is 0 Å². The van der Waals surface area contributed by atoms with Crippen LogP contribution in [0.25, 0.3) is 22.3 Å². The predicted octanol–water partition coefficient (Wildman–Crippen LogP) is 6.86. The highest BCUT2D eigenvalue weighted by Gasteiger charge is 2.10. The summed E-state index contributed by atoms with van der Waals surface area (Å²) in [5, 5.41) is 3.39. The van der Waals surface area contributed by atoms with Gasteiger partial charge in [0.1, 0.15) is 5.82 Å². The number of nitrogens with zero attached hydrogens (tertiary/aromatic N) is 1. The van der Waals surface area contributed by atoms with E-state index in [1.54, 1.807) is 0 Å². The van der Waals surface area contributed by atoms with E-state index in [2.05, 4.69) is 76.7 Å². The Morgan fingerprint density at radius 3 is 2.24 bits per heavy atom. The van der Waals surface area contributed by atoms with Crippen LogP contribution in [0.2, 0.25) is 0 Å². The summed E-state index contributed by atoms with van der Waals surface area (Å²) in [6.07, 6.45) is 6.20. The second-order valence-electron chi connectivity index (χ2n) is 5.82. The normalized spacial score (nSPS) is 11.4. The largest absolute Gasteiger partial charge is 0.334 e. The SMILES string of the molecule is CCC/C=C(\Br)Nc1ncc(-c2ccccc2)cc1-c1ccccc1. The molecule has 0 aliphatic carbocycles. The number of halogens is 1. The third kappa shape index (κ3) is 4.58. The molecule has 3 heteroatoms. The predicted molar refractivity (Wildman–Crippen MR) is 111 cm³/mol. The topological polar surface area (TPSA) is 24.9 Å². The van der Waals surface area contributed by atoms with Crippen LogP contribution in [0.5, 0.6) is 0 Å². The number of anilines is 1. The molecule has 0 bridgehead atoms. The number of benzene rings is 2. The monoisotopic (exact) mass is 392 g/mol. The molecule has 25 heavy (non-hydrogen) atoms. The Morgan fingerprint density at radius 1 is 0.960 bits per heavy atom. The minimum atomic E-state index is 0.852. The zero-order valence-electron chi connectivity index (χ0n) is 14.2. The van der Waals surface area contributed by atoms with Gasteiger partial charge in [-0.25, -0.2) is 4.98 Å². The highest BCUT2D eigenvalue weighted by molar-refractivity contribution is 9.11. The summed E-state index contributed by atoms with van der Waals surface area (Å²) in [5.41, 5.74) is 4.51. The maximum Gasteiger partial charge on any atom is 0.138 e. The molecule has 3 aromatic rings. The molecule has 1 N–H and O–H groups in total. The Kier molecular flexibility index (Phi) is 6.02. The molecule has 0 spiro atoms. The van der Waals surface area contributed by atoms with Gasteiger partial charge >= 0.3 is 0 Å². The Labute approximate surface area is 157 Å². The smallest absolute Gasteiger partial charge is 0.138 e. The van der Waals surface area contributed by atoms with Crippen LogP contribution in [-0.4, -0.2) is 4.98 Å².